The Hall–Kier alpha value is -2.90. The molecule has 1 fully saturated rings. The molecule has 500 valence electrons. The van der Waals surface area contributed by atoms with Crippen LogP contribution in [0.2, 0.25) is 0 Å². The first kappa shape index (κ1) is 81.1. The van der Waals surface area contributed by atoms with Crippen molar-refractivity contribution in [2.75, 3.05) is 19.8 Å². The van der Waals surface area contributed by atoms with Gasteiger partial charge in [-0.05, 0) is 109 Å². The summed E-state index contributed by atoms with van der Waals surface area (Å²) in [5, 5.41) is 54.3. The number of allylic oxidation sites excluding steroid dienone is 11. The average molecular weight is 1210 g/mol. The molecular formula is C75H135NO10. The van der Waals surface area contributed by atoms with Crippen molar-refractivity contribution in [3.05, 3.63) is 72.9 Å². The topological polar surface area (TPSA) is 175 Å². The van der Waals surface area contributed by atoms with E-state index in [9.17, 15) is 35.1 Å². The van der Waals surface area contributed by atoms with E-state index in [2.05, 4.69) is 79.9 Å². The predicted octanol–water partition coefficient (Wildman–Crippen LogP) is 18.7. The smallest absolute Gasteiger partial charge is 0.305 e. The van der Waals surface area contributed by atoms with E-state index in [1.165, 1.54) is 231 Å². The highest BCUT2D eigenvalue weighted by Crippen LogP contribution is 2.23. The fourth-order valence-electron chi connectivity index (χ4n) is 11.0. The van der Waals surface area contributed by atoms with Crippen LogP contribution in [0, 0.1) is 0 Å². The number of unbranched alkanes of at least 4 members (excludes halogenated alkanes) is 39. The molecule has 11 heteroatoms. The molecule has 1 aliphatic heterocycles. The van der Waals surface area contributed by atoms with E-state index >= 15 is 0 Å². The molecule has 0 aromatic heterocycles. The molecule has 6 N–H and O–H groups in total. The summed E-state index contributed by atoms with van der Waals surface area (Å²) in [4.78, 5) is 25.1. The van der Waals surface area contributed by atoms with E-state index in [-0.39, 0.29) is 18.5 Å². The molecule has 0 spiro atoms. The number of esters is 1. The summed E-state index contributed by atoms with van der Waals surface area (Å²) in [6.07, 6.45) is 76.4. The van der Waals surface area contributed by atoms with Gasteiger partial charge in [0.25, 0.3) is 0 Å². The van der Waals surface area contributed by atoms with E-state index in [1.807, 2.05) is 6.08 Å². The number of hydrogen-bond donors (Lipinski definition) is 6. The first-order chi connectivity index (χ1) is 42.2. The summed E-state index contributed by atoms with van der Waals surface area (Å²) in [6, 6.07) is -0.826. The van der Waals surface area contributed by atoms with Gasteiger partial charge in [-0.2, -0.15) is 0 Å². The van der Waals surface area contributed by atoms with Crippen molar-refractivity contribution in [3.8, 4) is 0 Å². The number of hydrogen-bond acceptors (Lipinski definition) is 10. The van der Waals surface area contributed by atoms with Gasteiger partial charge in [0.05, 0.1) is 32.0 Å². The van der Waals surface area contributed by atoms with E-state index in [4.69, 9.17) is 14.2 Å². The number of rotatable bonds is 63. The van der Waals surface area contributed by atoms with Crippen LogP contribution in [0.25, 0.3) is 0 Å². The lowest BCUT2D eigenvalue weighted by atomic mass is 9.99. The van der Waals surface area contributed by atoms with E-state index < -0.39 is 49.5 Å². The van der Waals surface area contributed by atoms with Gasteiger partial charge in [-0.3, -0.25) is 9.59 Å². The largest absolute Gasteiger partial charge is 0.466 e. The van der Waals surface area contributed by atoms with Crippen LogP contribution < -0.4 is 5.32 Å². The van der Waals surface area contributed by atoms with Gasteiger partial charge in [0, 0.05) is 12.8 Å². The molecule has 1 heterocycles. The number of nitrogens with one attached hydrogen (secondary N) is 1. The highest BCUT2D eigenvalue weighted by atomic mass is 16.7. The molecule has 0 aromatic rings. The predicted molar refractivity (Wildman–Crippen MR) is 361 cm³/mol. The Kier molecular flexibility index (Phi) is 60.0. The number of carbonyl (C=O) groups is 2. The van der Waals surface area contributed by atoms with Crippen molar-refractivity contribution < 1.29 is 49.3 Å². The third-order valence-corrected chi connectivity index (χ3v) is 16.8. The maximum atomic E-state index is 13.0. The minimum absolute atomic E-state index is 0.00726. The highest BCUT2D eigenvalue weighted by molar-refractivity contribution is 5.76. The van der Waals surface area contributed by atoms with Gasteiger partial charge in [0.2, 0.25) is 5.91 Å². The summed E-state index contributed by atoms with van der Waals surface area (Å²) >= 11 is 0. The van der Waals surface area contributed by atoms with Crippen LogP contribution in [-0.2, 0) is 23.8 Å². The van der Waals surface area contributed by atoms with Gasteiger partial charge in [-0.15, -0.1) is 0 Å². The van der Waals surface area contributed by atoms with Crippen LogP contribution in [-0.4, -0.2) is 100 Å². The number of ether oxygens (including phenoxy) is 3. The van der Waals surface area contributed by atoms with Crippen LogP contribution in [0.5, 0.6) is 0 Å². The second-order valence-corrected chi connectivity index (χ2v) is 24.9. The summed E-state index contributed by atoms with van der Waals surface area (Å²) in [5.41, 5.74) is 0. The van der Waals surface area contributed by atoms with Crippen LogP contribution in [0.15, 0.2) is 72.9 Å². The fourth-order valence-corrected chi connectivity index (χ4v) is 11.0. The van der Waals surface area contributed by atoms with Gasteiger partial charge < -0.3 is 45.1 Å². The molecule has 0 aliphatic carbocycles. The van der Waals surface area contributed by atoms with E-state index in [0.717, 1.165) is 70.6 Å². The molecular weight excluding hydrogens is 1070 g/mol. The molecule has 86 heavy (non-hydrogen) atoms. The molecule has 0 bridgehead atoms. The Morgan fingerprint density at radius 1 is 0.430 bits per heavy atom. The fraction of sp³-hybridized carbons (Fsp3) is 0.813. The van der Waals surface area contributed by atoms with Crippen molar-refractivity contribution in [2.45, 2.75) is 371 Å². The summed E-state index contributed by atoms with van der Waals surface area (Å²) in [5.74, 6) is -0.200. The van der Waals surface area contributed by atoms with Crippen molar-refractivity contribution >= 4 is 11.9 Å². The molecule has 0 aromatic carbocycles. The van der Waals surface area contributed by atoms with Crippen LogP contribution >= 0.6 is 0 Å². The zero-order valence-electron chi connectivity index (χ0n) is 55.5. The lowest BCUT2D eigenvalue weighted by Gasteiger charge is -2.40. The van der Waals surface area contributed by atoms with E-state index in [1.54, 1.807) is 6.08 Å². The molecule has 1 amide bonds. The first-order valence-electron chi connectivity index (χ1n) is 36.2. The minimum Gasteiger partial charge on any atom is -0.466 e. The lowest BCUT2D eigenvalue weighted by molar-refractivity contribution is -0.302. The number of carbonyl (C=O) groups excluding carboxylic acids is 2. The Morgan fingerprint density at radius 3 is 1.24 bits per heavy atom. The Morgan fingerprint density at radius 2 is 0.791 bits per heavy atom. The molecule has 0 radical (unpaired) electrons. The quantitative estimate of drug-likeness (QED) is 0.0195. The molecule has 7 atom stereocenters. The molecule has 7 unspecified atom stereocenters. The highest BCUT2D eigenvalue weighted by Gasteiger charge is 2.44. The molecule has 1 rings (SSSR count). The molecule has 1 aliphatic rings. The Balaban J connectivity index is 1.91. The number of aliphatic hydroxyl groups excluding tert-OH is 5. The van der Waals surface area contributed by atoms with Crippen LogP contribution in [0.4, 0.5) is 0 Å². The Bertz CT molecular complexity index is 1660. The lowest BCUT2D eigenvalue weighted by Crippen LogP contribution is -2.60. The second kappa shape index (κ2) is 63.7. The first-order valence-corrected chi connectivity index (χ1v) is 36.2. The average Bonchev–Trinajstić information content (AvgIpc) is 3.02. The van der Waals surface area contributed by atoms with Crippen molar-refractivity contribution in [2.24, 2.45) is 0 Å². The normalized spacial score (nSPS) is 18.3. The summed E-state index contributed by atoms with van der Waals surface area (Å²) < 4.78 is 16.7. The maximum absolute atomic E-state index is 13.0. The summed E-state index contributed by atoms with van der Waals surface area (Å²) in [7, 11) is 0. The van der Waals surface area contributed by atoms with Gasteiger partial charge in [0.15, 0.2) is 6.29 Å². The third-order valence-electron chi connectivity index (χ3n) is 16.8. The summed E-state index contributed by atoms with van der Waals surface area (Å²) in [6.45, 7) is 4.27. The molecule has 1 saturated heterocycles. The molecule has 0 saturated carbocycles. The number of aliphatic hydroxyl groups is 5. The third kappa shape index (κ3) is 51.9. The van der Waals surface area contributed by atoms with Gasteiger partial charge in [-0.25, -0.2) is 0 Å². The zero-order valence-corrected chi connectivity index (χ0v) is 55.5. The second-order valence-electron chi connectivity index (χ2n) is 24.9. The molecule has 11 nitrogen and oxygen atoms in total. The van der Waals surface area contributed by atoms with Gasteiger partial charge in [-0.1, -0.05) is 279 Å². The van der Waals surface area contributed by atoms with Crippen LogP contribution in [0.3, 0.4) is 0 Å². The Labute approximate surface area is 528 Å². The van der Waals surface area contributed by atoms with Crippen molar-refractivity contribution in [3.63, 3.8) is 0 Å². The van der Waals surface area contributed by atoms with Gasteiger partial charge in [0.1, 0.15) is 24.4 Å². The zero-order chi connectivity index (χ0) is 62.3. The monoisotopic (exact) mass is 1210 g/mol. The van der Waals surface area contributed by atoms with E-state index in [0.29, 0.717) is 19.4 Å². The van der Waals surface area contributed by atoms with Crippen molar-refractivity contribution in [1.29, 1.82) is 0 Å². The van der Waals surface area contributed by atoms with Gasteiger partial charge >= 0.3 is 5.97 Å². The minimum atomic E-state index is -1.58. The maximum Gasteiger partial charge on any atom is 0.305 e. The van der Waals surface area contributed by atoms with Crippen molar-refractivity contribution in [1.82, 2.24) is 5.32 Å². The SMILES string of the molecule is CCCCC/C=C/CC/C=C/C(O)C(COC1OC(CO)C(O)C(O)C1O)NC(=O)CCCCCCCCCCCCCCCCCCC/C=C\C/C=C\CCCCCCCCCCCOC(=O)CCCCCCC/C=C\C/C=C\CCCCCC. The van der Waals surface area contributed by atoms with Crippen LogP contribution in [0.1, 0.15) is 328 Å². The standard InChI is InChI=1S/C75H135NO10/c1-3-5-7-9-11-13-14-15-16-37-40-43-47-51-55-59-63-71(80)84-64-60-56-52-48-44-41-38-35-33-31-29-27-25-23-21-19-17-18-20-22-24-26-28-30-32-34-36-39-42-46-50-54-58-62-70(79)76-67(68(78)61-57-53-49-45-12-10-8-6-4-2)66-85-75-74(83)73(82)72(81)69(65-77)86-75/h12-14,16,21,23,27,29,37,45,57,61,67-69,72-75,77-78,81-83H,3-11,15,17-20,22,24-26,28,30-36,38-44,46-56,58-60,62-66H2,1-2H3,(H,76,79)/b14-13-,23-21-,29-27-,37-16-,45-12+,61-57+. The number of amides is 1.